The number of carbonyl (C=O) groups excluding carboxylic acids is 1. The lowest BCUT2D eigenvalue weighted by atomic mass is 10.3. The van der Waals surface area contributed by atoms with Crippen LogP contribution < -0.4 is 5.32 Å². The lowest BCUT2D eigenvalue weighted by molar-refractivity contribution is 0.176. The minimum atomic E-state index is -0.434. The Morgan fingerprint density at radius 3 is 2.95 bits per heavy atom. The van der Waals surface area contributed by atoms with Crippen LogP contribution in [0.4, 0.5) is 10.6 Å². The van der Waals surface area contributed by atoms with Crippen LogP contribution in [0, 0.1) is 6.92 Å². The second-order valence-corrected chi connectivity index (χ2v) is 5.82. The number of β-amino-alcohol motifs (C(OH)–C–C–N with tert-alkyl or cyclic N) is 1. The van der Waals surface area contributed by atoms with E-state index in [1.54, 1.807) is 21.7 Å². The number of rotatable bonds is 2. The zero-order valence-electron chi connectivity index (χ0n) is 12.2. The molecule has 1 saturated heterocycles. The molecule has 0 saturated carbocycles. The summed E-state index contributed by atoms with van der Waals surface area (Å²) in [6, 6.07) is 8.91. The molecule has 1 atom stereocenters. The first-order valence-electron chi connectivity index (χ1n) is 7.09. The summed E-state index contributed by atoms with van der Waals surface area (Å²) in [7, 11) is 0. The van der Waals surface area contributed by atoms with Crippen molar-refractivity contribution in [2.75, 3.05) is 18.4 Å². The van der Waals surface area contributed by atoms with Gasteiger partial charge >= 0.3 is 6.03 Å². The first-order valence-corrected chi connectivity index (χ1v) is 7.47. The van der Waals surface area contributed by atoms with Crippen LogP contribution >= 0.6 is 11.6 Å². The molecule has 0 radical (unpaired) electrons. The van der Waals surface area contributed by atoms with Gasteiger partial charge in [-0.3, -0.25) is 5.32 Å². The van der Waals surface area contributed by atoms with Gasteiger partial charge in [0.2, 0.25) is 0 Å². The second-order valence-electron chi connectivity index (χ2n) is 5.38. The number of amides is 2. The van der Waals surface area contributed by atoms with Gasteiger partial charge in [0.05, 0.1) is 11.8 Å². The largest absolute Gasteiger partial charge is 0.391 e. The molecule has 116 valence electrons. The molecular formula is C15H17ClN4O2. The molecule has 1 aromatic heterocycles. The van der Waals surface area contributed by atoms with E-state index in [1.807, 2.05) is 25.1 Å². The zero-order chi connectivity index (χ0) is 15.7. The van der Waals surface area contributed by atoms with Crippen LogP contribution in [-0.2, 0) is 0 Å². The Morgan fingerprint density at radius 1 is 1.45 bits per heavy atom. The number of benzene rings is 1. The molecule has 1 aromatic carbocycles. The maximum atomic E-state index is 12.1. The molecule has 22 heavy (non-hydrogen) atoms. The number of nitrogens with one attached hydrogen (secondary N) is 1. The summed E-state index contributed by atoms with van der Waals surface area (Å²) >= 11 is 6.00. The highest BCUT2D eigenvalue weighted by atomic mass is 35.5. The number of likely N-dealkylation sites (tertiary alicyclic amines) is 1. The monoisotopic (exact) mass is 320 g/mol. The molecule has 2 heterocycles. The van der Waals surface area contributed by atoms with E-state index < -0.39 is 6.10 Å². The van der Waals surface area contributed by atoms with Gasteiger partial charge in [-0.05, 0) is 31.5 Å². The third kappa shape index (κ3) is 3.08. The van der Waals surface area contributed by atoms with Crippen LogP contribution in [0.3, 0.4) is 0 Å². The van der Waals surface area contributed by atoms with Crippen molar-refractivity contribution in [1.29, 1.82) is 0 Å². The molecule has 0 bridgehead atoms. The topological polar surface area (TPSA) is 70.4 Å². The average molecular weight is 321 g/mol. The van der Waals surface area contributed by atoms with Crippen LogP contribution in [0.5, 0.6) is 0 Å². The van der Waals surface area contributed by atoms with Crippen LogP contribution in [0.1, 0.15) is 12.1 Å². The Labute approximate surface area is 133 Å². The van der Waals surface area contributed by atoms with Crippen LogP contribution in [0.15, 0.2) is 30.3 Å². The molecular weight excluding hydrogens is 304 g/mol. The van der Waals surface area contributed by atoms with Crippen molar-refractivity contribution >= 4 is 23.4 Å². The van der Waals surface area contributed by atoms with Gasteiger partial charge in [-0.15, -0.1) is 5.10 Å². The quantitative estimate of drug-likeness (QED) is 0.893. The van der Waals surface area contributed by atoms with E-state index >= 15 is 0 Å². The number of hydrogen-bond donors (Lipinski definition) is 2. The molecule has 0 spiro atoms. The molecule has 0 aliphatic carbocycles. The van der Waals surface area contributed by atoms with Crippen molar-refractivity contribution in [3.05, 3.63) is 41.0 Å². The van der Waals surface area contributed by atoms with E-state index in [-0.39, 0.29) is 6.03 Å². The van der Waals surface area contributed by atoms with Crippen LogP contribution in [-0.4, -0.2) is 45.0 Å². The standard InChI is InChI=1S/C15H17ClN4O2/c1-10-7-14(17-15(22)19-6-5-13(21)9-19)18-20(10)12-4-2-3-11(16)8-12/h2-4,7-8,13,21H,5-6,9H2,1H3,(H,17,18,22)/t13-/m0/s1. The lowest BCUT2D eigenvalue weighted by Gasteiger charge is -2.15. The van der Waals surface area contributed by atoms with Crippen molar-refractivity contribution in [2.24, 2.45) is 0 Å². The number of aryl methyl sites for hydroxylation is 1. The molecule has 3 rings (SSSR count). The molecule has 2 amide bonds. The van der Waals surface area contributed by atoms with E-state index in [4.69, 9.17) is 11.6 Å². The van der Waals surface area contributed by atoms with Gasteiger partial charge in [0.25, 0.3) is 0 Å². The summed E-state index contributed by atoms with van der Waals surface area (Å²) in [5.74, 6) is 0.476. The molecule has 1 fully saturated rings. The maximum absolute atomic E-state index is 12.1. The Morgan fingerprint density at radius 2 is 2.27 bits per heavy atom. The molecule has 1 aliphatic heterocycles. The molecule has 2 N–H and O–H groups in total. The van der Waals surface area contributed by atoms with E-state index in [0.717, 1.165) is 11.4 Å². The first kappa shape index (κ1) is 14.9. The fraction of sp³-hybridized carbons (Fsp3) is 0.333. The minimum absolute atomic E-state index is 0.243. The summed E-state index contributed by atoms with van der Waals surface area (Å²) in [6.45, 7) is 2.82. The molecule has 6 nitrogen and oxygen atoms in total. The average Bonchev–Trinajstić information content (AvgIpc) is 3.05. The number of carbonyl (C=O) groups is 1. The molecule has 2 aromatic rings. The fourth-order valence-electron chi connectivity index (χ4n) is 2.52. The number of aromatic nitrogens is 2. The number of anilines is 1. The van der Waals surface area contributed by atoms with Crippen LogP contribution in [0.2, 0.25) is 5.02 Å². The van der Waals surface area contributed by atoms with E-state index in [1.165, 1.54) is 0 Å². The highest BCUT2D eigenvalue weighted by Gasteiger charge is 2.25. The summed E-state index contributed by atoms with van der Waals surface area (Å²) in [5.41, 5.74) is 1.72. The Balaban J connectivity index is 1.76. The normalized spacial score (nSPS) is 17.8. The molecule has 0 unspecified atom stereocenters. The molecule has 7 heteroatoms. The SMILES string of the molecule is Cc1cc(NC(=O)N2CC[C@H](O)C2)nn1-c1cccc(Cl)c1. The third-order valence-electron chi connectivity index (χ3n) is 3.63. The lowest BCUT2D eigenvalue weighted by Crippen LogP contribution is -2.33. The second kappa shape index (κ2) is 5.98. The van der Waals surface area contributed by atoms with Gasteiger partial charge in [0, 0.05) is 29.9 Å². The van der Waals surface area contributed by atoms with Gasteiger partial charge in [0.15, 0.2) is 5.82 Å². The maximum Gasteiger partial charge on any atom is 0.323 e. The van der Waals surface area contributed by atoms with E-state index in [2.05, 4.69) is 10.4 Å². The number of halogens is 1. The number of hydrogen-bond acceptors (Lipinski definition) is 3. The van der Waals surface area contributed by atoms with Gasteiger partial charge in [-0.25, -0.2) is 9.48 Å². The Hall–Kier alpha value is -2.05. The van der Waals surface area contributed by atoms with Crippen molar-refractivity contribution < 1.29 is 9.90 Å². The first-order chi connectivity index (χ1) is 10.5. The van der Waals surface area contributed by atoms with E-state index in [0.29, 0.717) is 30.4 Å². The zero-order valence-corrected chi connectivity index (χ0v) is 12.9. The highest BCUT2D eigenvalue weighted by molar-refractivity contribution is 6.30. The third-order valence-corrected chi connectivity index (χ3v) is 3.86. The Bertz CT molecular complexity index is 701. The van der Waals surface area contributed by atoms with Gasteiger partial charge in [0.1, 0.15) is 0 Å². The summed E-state index contributed by atoms with van der Waals surface area (Å²) in [6.07, 6.45) is 0.181. The highest BCUT2D eigenvalue weighted by Crippen LogP contribution is 2.19. The summed E-state index contributed by atoms with van der Waals surface area (Å²) in [4.78, 5) is 13.7. The van der Waals surface area contributed by atoms with Gasteiger partial charge in [-0.1, -0.05) is 17.7 Å². The van der Waals surface area contributed by atoms with Gasteiger partial charge < -0.3 is 10.0 Å². The predicted molar refractivity (Wildman–Crippen MR) is 84.5 cm³/mol. The van der Waals surface area contributed by atoms with Gasteiger partial charge in [-0.2, -0.15) is 0 Å². The Kier molecular flexibility index (Phi) is 4.04. The smallest absolute Gasteiger partial charge is 0.323 e. The van der Waals surface area contributed by atoms with Crippen LogP contribution in [0.25, 0.3) is 5.69 Å². The van der Waals surface area contributed by atoms with E-state index in [9.17, 15) is 9.90 Å². The minimum Gasteiger partial charge on any atom is -0.391 e. The van der Waals surface area contributed by atoms with Crippen molar-refractivity contribution in [3.63, 3.8) is 0 Å². The molecule has 1 aliphatic rings. The number of aliphatic hydroxyl groups excluding tert-OH is 1. The number of aliphatic hydroxyl groups is 1. The predicted octanol–water partition coefficient (Wildman–Crippen LogP) is 2.43. The number of nitrogens with zero attached hydrogens (tertiary/aromatic N) is 3. The fourth-order valence-corrected chi connectivity index (χ4v) is 2.70. The summed E-state index contributed by atoms with van der Waals surface area (Å²) in [5, 5.41) is 17.3. The van der Waals surface area contributed by atoms with Crippen molar-refractivity contribution in [3.8, 4) is 5.69 Å². The number of urea groups is 1. The summed E-state index contributed by atoms with van der Waals surface area (Å²) < 4.78 is 1.72. The van der Waals surface area contributed by atoms with Crippen molar-refractivity contribution in [1.82, 2.24) is 14.7 Å². The van der Waals surface area contributed by atoms with Crippen molar-refractivity contribution in [2.45, 2.75) is 19.4 Å².